The van der Waals surface area contributed by atoms with Crippen LogP contribution in [0.1, 0.15) is 40.7 Å². The molecule has 0 radical (unpaired) electrons. The van der Waals surface area contributed by atoms with Gasteiger partial charge in [-0.25, -0.2) is 0 Å². The highest BCUT2D eigenvalue weighted by molar-refractivity contribution is 5.96. The standard InChI is InChI=1S/C15H19NO/c17-15(8-11-6-7-16-10-11)14-5-4-12-2-1-3-13(12)9-14/h4-5,9,11,16H,1-3,6-8,10H2. The summed E-state index contributed by atoms with van der Waals surface area (Å²) >= 11 is 0. The molecule has 1 saturated heterocycles. The van der Waals surface area contributed by atoms with E-state index >= 15 is 0 Å². The minimum atomic E-state index is 0.327. The Morgan fingerprint density at radius 2 is 2.18 bits per heavy atom. The van der Waals surface area contributed by atoms with Gasteiger partial charge in [-0.05, 0) is 61.9 Å². The maximum Gasteiger partial charge on any atom is 0.163 e. The molecule has 2 nitrogen and oxygen atoms in total. The molecule has 1 atom stereocenters. The van der Waals surface area contributed by atoms with E-state index in [1.807, 2.05) is 6.07 Å². The molecule has 1 aliphatic heterocycles. The average Bonchev–Trinajstić information content (AvgIpc) is 2.97. The van der Waals surface area contributed by atoms with E-state index in [2.05, 4.69) is 17.4 Å². The van der Waals surface area contributed by atoms with Crippen LogP contribution < -0.4 is 5.32 Å². The zero-order valence-corrected chi connectivity index (χ0v) is 10.2. The van der Waals surface area contributed by atoms with Gasteiger partial charge in [-0.15, -0.1) is 0 Å². The average molecular weight is 229 g/mol. The monoisotopic (exact) mass is 229 g/mol. The Morgan fingerprint density at radius 3 is 3.00 bits per heavy atom. The second kappa shape index (κ2) is 4.61. The van der Waals surface area contributed by atoms with Crippen molar-refractivity contribution in [1.82, 2.24) is 5.32 Å². The number of rotatable bonds is 3. The number of carbonyl (C=O) groups is 1. The van der Waals surface area contributed by atoms with Gasteiger partial charge in [0.2, 0.25) is 0 Å². The number of nitrogens with one attached hydrogen (secondary N) is 1. The number of hydrogen-bond donors (Lipinski definition) is 1. The number of ketones is 1. The van der Waals surface area contributed by atoms with Gasteiger partial charge in [0.05, 0.1) is 0 Å². The van der Waals surface area contributed by atoms with Crippen molar-refractivity contribution in [3.05, 3.63) is 34.9 Å². The van der Waals surface area contributed by atoms with E-state index in [0.29, 0.717) is 18.1 Å². The van der Waals surface area contributed by atoms with Gasteiger partial charge in [-0.3, -0.25) is 4.79 Å². The van der Waals surface area contributed by atoms with Crippen molar-refractivity contribution >= 4 is 5.78 Å². The SMILES string of the molecule is O=C(CC1CCNC1)c1ccc2c(c1)CCC2. The largest absolute Gasteiger partial charge is 0.316 e. The van der Waals surface area contributed by atoms with Crippen LogP contribution in [0.5, 0.6) is 0 Å². The van der Waals surface area contributed by atoms with Crippen LogP contribution in [0.2, 0.25) is 0 Å². The van der Waals surface area contributed by atoms with Gasteiger partial charge in [0.15, 0.2) is 5.78 Å². The van der Waals surface area contributed by atoms with Crippen molar-refractivity contribution < 1.29 is 4.79 Å². The highest BCUT2D eigenvalue weighted by atomic mass is 16.1. The number of Topliss-reactive ketones (excluding diaryl/α,β-unsaturated/α-hetero) is 1. The van der Waals surface area contributed by atoms with Crippen LogP contribution >= 0.6 is 0 Å². The third kappa shape index (κ3) is 2.27. The Balaban J connectivity index is 1.72. The van der Waals surface area contributed by atoms with Gasteiger partial charge in [0.25, 0.3) is 0 Å². The molecule has 3 rings (SSSR count). The van der Waals surface area contributed by atoms with E-state index in [9.17, 15) is 4.79 Å². The van der Waals surface area contributed by atoms with Gasteiger partial charge in [-0.2, -0.15) is 0 Å². The number of fused-ring (bicyclic) bond motifs is 1. The Labute approximate surface area is 102 Å². The zero-order valence-electron chi connectivity index (χ0n) is 10.2. The van der Waals surface area contributed by atoms with E-state index < -0.39 is 0 Å². The lowest BCUT2D eigenvalue weighted by molar-refractivity contribution is 0.0964. The van der Waals surface area contributed by atoms with Gasteiger partial charge in [-0.1, -0.05) is 12.1 Å². The minimum absolute atomic E-state index is 0.327. The van der Waals surface area contributed by atoms with Crippen LogP contribution in [-0.4, -0.2) is 18.9 Å². The molecule has 1 unspecified atom stereocenters. The first-order valence-corrected chi connectivity index (χ1v) is 6.68. The lowest BCUT2D eigenvalue weighted by Crippen LogP contribution is -2.13. The number of carbonyl (C=O) groups excluding carboxylic acids is 1. The molecule has 0 bridgehead atoms. The molecule has 0 aromatic heterocycles. The molecule has 17 heavy (non-hydrogen) atoms. The highest BCUT2D eigenvalue weighted by Gasteiger charge is 2.20. The molecule has 2 aliphatic rings. The van der Waals surface area contributed by atoms with Crippen molar-refractivity contribution in [3.63, 3.8) is 0 Å². The maximum absolute atomic E-state index is 12.2. The van der Waals surface area contributed by atoms with Gasteiger partial charge in [0.1, 0.15) is 0 Å². The molecule has 1 aliphatic carbocycles. The van der Waals surface area contributed by atoms with Crippen molar-refractivity contribution in [2.75, 3.05) is 13.1 Å². The number of benzene rings is 1. The Kier molecular flexibility index (Phi) is 2.98. The summed E-state index contributed by atoms with van der Waals surface area (Å²) in [6.07, 6.45) is 5.46. The summed E-state index contributed by atoms with van der Waals surface area (Å²) in [6, 6.07) is 6.31. The smallest absolute Gasteiger partial charge is 0.163 e. The molecular weight excluding hydrogens is 210 g/mol. The molecule has 1 N–H and O–H groups in total. The highest BCUT2D eigenvalue weighted by Crippen LogP contribution is 2.24. The minimum Gasteiger partial charge on any atom is -0.316 e. The van der Waals surface area contributed by atoms with E-state index in [1.165, 1.54) is 24.0 Å². The van der Waals surface area contributed by atoms with Crippen molar-refractivity contribution in [2.24, 2.45) is 5.92 Å². The summed E-state index contributed by atoms with van der Waals surface area (Å²) < 4.78 is 0. The second-order valence-electron chi connectivity index (χ2n) is 5.32. The Morgan fingerprint density at radius 1 is 1.29 bits per heavy atom. The quantitative estimate of drug-likeness (QED) is 0.806. The molecular formula is C15H19NO. The summed E-state index contributed by atoms with van der Waals surface area (Å²) in [4.78, 5) is 12.2. The molecule has 1 aromatic rings. The number of aryl methyl sites for hydroxylation is 2. The lowest BCUT2D eigenvalue weighted by Gasteiger charge is -2.08. The van der Waals surface area contributed by atoms with Gasteiger partial charge < -0.3 is 5.32 Å². The van der Waals surface area contributed by atoms with Crippen molar-refractivity contribution in [2.45, 2.75) is 32.1 Å². The fourth-order valence-electron chi connectivity index (χ4n) is 3.01. The summed E-state index contributed by atoms with van der Waals surface area (Å²) in [5.74, 6) is 0.879. The third-order valence-corrected chi connectivity index (χ3v) is 4.06. The predicted molar refractivity (Wildman–Crippen MR) is 68.4 cm³/mol. The Bertz CT molecular complexity index is 433. The van der Waals surface area contributed by atoms with Gasteiger partial charge >= 0.3 is 0 Å². The second-order valence-corrected chi connectivity index (χ2v) is 5.32. The summed E-state index contributed by atoms with van der Waals surface area (Å²) in [5, 5.41) is 3.32. The fourth-order valence-corrected chi connectivity index (χ4v) is 3.01. The molecule has 1 aromatic carbocycles. The van der Waals surface area contributed by atoms with E-state index in [4.69, 9.17) is 0 Å². The fraction of sp³-hybridized carbons (Fsp3) is 0.533. The van der Waals surface area contributed by atoms with Crippen LogP contribution in [0, 0.1) is 5.92 Å². The molecule has 1 heterocycles. The molecule has 90 valence electrons. The van der Waals surface area contributed by atoms with Crippen LogP contribution in [-0.2, 0) is 12.8 Å². The zero-order chi connectivity index (χ0) is 11.7. The van der Waals surface area contributed by atoms with Crippen LogP contribution in [0.15, 0.2) is 18.2 Å². The first-order chi connectivity index (χ1) is 8.33. The third-order valence-electron chi connectivity index (χ3n) is 4.06. The molecule has 0 amide bonds. The topological polar surface area (TPSA) is 29.1 Å². The normalized spacial score (nSPS) is 22.7. The van der Waals surface area contributed by atoms with Crippen LogP contribution in [0.25, 0.3) is 0 Å². The van der Waals surface area contributed by atoms with Crippen molar-refractivity contribution in [3.8, 4) is 0 Å². The van der Waals surface area contributed by atoms with E-state index in [1.54, 1.807) is 0 Å². The van der Waals surface area contributed by atoms with Crippen LogP contribution in [0.4, 0.5) is 0 Å². The summed E-state index contributed by atoms with van der Waals surface area (Å²) in [7, 11) is 0. The first kappa shape index (κ1) is 11.0. The number of hydrogen-bond acceptors (Lipinski definition) is 2. The maximum atomic E-state index is 12.2. The molecule has 2 heteroatoms. The first-order valence-electron chi connectivity index (χ1n) is 6.68. The van der Waals surface area contributed by atoms with Crippen molar-refractivity contribution in [1.29, 1.82) is 0 Å². The van der Waals surface area contributed by atoms with E-state index in [0.717, 1.165) is 31.5 Å². The predicted octanol–water partition coefficient (Wildman–Crippen LogP) is 2.36. The molecule has 0 spiro atoms. The van der Waals surface area contributed by atoms with Crippen LogP contribution in [0.3, 0.4) is 0 Å². The summed E-state index contributed by atoms with van der Waals surface area (Å²) in [6.45, 7) is 2.08. The summed E-state index contributed by atoms with van der Waals surface area (Å²) in [5.41, 5.74) is 3.78. The molecule has 1 fully saturated rings. The molecule has 0 saturated carbocycles. The lowest BCUT2D eigenvalue weighted by atomic mass is 9.96. The van der Waals surface area contributed by atoms with Gasteiger partial charge in [0, 0.05) is 12.0 Å². The van der Waals surface area contributed by atoms with E-state index in [-0.39, 0.29) is 0 Å². The Hall–Kier alpha value is -1.15.